The molecule has 0 aliphatic heterocycles. The van der Waals surface area contributed by atoms with Gasteiger partial charge in [-0.2, -0.15) is 0 Å². The van der Waals surface area contributed by atoms with Crippen molar-refractivity contribution in [2.75, 3.05) is 7.47 Å². The number of nitrogens with zero attached hydrogens (tertiary/aromatic N) is 1. The predicted molar refractivity (Wildman–Crippen MR) is 102 cm³/mol. The number of halogens is 5. The molecule has 0 amide bonds. The summed E-state index contributed by atoms with van der Waals surface area (Å²) in [4.78, 5) is 0. The number of anilines is 1. The Morgan fingerprint density at radius 2 is 1.95 bits per heavy atom. The van der Waals surface area contributed by atoms with Crippen LogP contribution in [0.5, 0.6) is 0 Å². The lowest BCUT2D eigenvalue weighted by Gasteiger charge is -2.21. The molecular weight excluding hydrogens is 578 g/mol. The normalized spacial score (nSPS) is 11.2. The van der Waals surface area contributed by atoms with Gasteiger partial charge in [0.15, 0.2) is 0 Å². The van der Waals surface area contributed by atoms with Crippen molar-refractivity contribution in [3.63, 3.8) is 0 Å². The summed E-state index contributed by atoms with van der Waals surface area (Å²) in [6.07, 6.45) is 0. The lowest BCUT2D eigenvalue weighted by Crippen LogP contribution is -2.24. The SMILES string of the molecule is O=S(=O)(CI)N(SC(Cl)=C(Cl)Cl)c1cccc(I)c1. The van der Waals surface area contributed by atoms with Gasteiger partial charge in [0.05, 0.1) is 5.69 Å². The van der Waals surface area contributed by atoms with E-state index in [0.29, 0.717) is 5.69 Å². The van der Waals surface area contributed by atoms with E-state index in [9.17, 15) is 8.42 Å². The van der Waals surface area contributed by atoms with Crippen LogP contribution in [0.25, 0.3) is 0 Å². The second-order valence-electron chi connectivity index (χ2n) is 3.05. The van der Waals surface area contributed by atoms with Crippen molar-refractivity contribution in [2.45, 2.75) is 0 Å². The third kappa shape index (κ3) is 5.59. The van der Waals surface area contributed by atoms with Crippen molar-refractivity contribution >= 4 is 108 Å². The van der Waals surface area contributed by atoms with Gasteiger partial charge in [-0.25, -0.2) is 12.1 Å². The molecule has 1 aromatic rings. The summed E-state index contributed by atoms with van der Waals surface area (Å²) in [5.41, 5.74) is 0.487. The van der Waals surface area contributed by atoms with Gasteiger partial charge in [0, 0.05) is 15.5 Å². The highest BCUT2D eigenvalue weighted by atomic mass is 127. The summed E-state index contributed by atoms with van der Waals surface area (Å²) in [5, 5.41) is 0. The van der Waals surface area contributed by atoms with Crippen molar-refractivity contribution in [2.24, 2.45) is 0 Å². The van der Waals surface area contributed by atoms with E-state index in [-0.39, 0.29) is 12.6 Å². The first-order valence-corrected chi connectivity index (χ1v) is 10.6. The molecule has 0 aromatic heterocycles. The topological polar surface area (TPSA) is 37.4 Å². The average Bonchev–Trinajstić information content (AvgIpc) is 2.35. The zero-order chi connectivity index (χ0) is 14.6. The van der Waals surface area contributed by atoms with Crippen LogP contribution in [-0.2, 0) is 10.0 Å². The molecule has 0 atom stereocenters. The molecule has 1 aromatic carbocycles. The van der Waals surface area contributed by atoms with Crippen LogP contribution in [0, 0.1) is 3.57 Å². The van der Waals surface area contributed by atoms with Crippen molar-refractivity contribution in [3.8, 4) is 0 Å². The number of sulfonamides is 1. The zero-order valence-electron chi connectivity index (χ0n) is 8.99. The molecule has 0 heterocycles. The lowest BCUT2D eigenvalue weighted by atomic mass is 10.3. The third-order valence-electron chi connectivity index (χ3n) is 1.72. The molecule has 3 nitrogen and oxygen atoms in total. The summed E-state index contributed by atoms with van der Waals surface area (Å²) >= 11 is 21.6. The Hall–Kier alpha value is 1.39. The van der Waals surface area contributed by atoms with E-state index >= 15 is 0 Å². The summed E-state index contributed by atoms with van der Waals surface area (Å²) in [5.74, 6) is 0. The molecule has 0 radical (unpaired) electrons. The summed E-state index contributed by atoms with van der Waals surface area (Å²) < 4.78 is 25.9. The monoisotopic (exact) mass is 583 g/mol. The highest BCUT2D eigenvalue weighted by Crippen LogP contribution is 2.37. The minimum atomic E-state index is -3.51. The first kappa shape index (κ1) is 18.4. The summed E-state index contributed by atoms with van der Waals surface area (Å²) in [6.45, 7) is 0. The molecule has 0 aliphatic rings. The highest BCUT2D eigenvalue weighted by molar-refractivity contribution is 14.1. The molecule has 0 N–H and O–H groups in total. The van der Waals surface area contributed by atoms with E-state index in [1.165, 1.54) is 0 Å². The molecule has 0 saturated heterocycles. The molecule has 0 fully saturated rings. The molecule has 0 unspecified atom stereocenters. The minimum Gasteiger partial charge on any atom is -0.206 e. The summed E-state index contributed by atoms with van der Waals surface area (Å²) in [7, 11) is -3.51. The van der Waals surface area contributed by atoms with Crippen LogP contribution in [0.3, 0.4) is 0 Å². The Bertz CT molecular complexity index is 591. The number of hydrogen-bond acceptors (Lipinski definition) is 3. The van der Waals surface area contributed by atoms with Crippen LogP contribution >= 0.6 is 91.9 Å². The largest absolute Gasteiger partial charge is 0.254 e. The molecule has 0 saturated carbocycles. The van der Waals surface area contributed by atoms with E-state index in [1.807, 2.05) is 6.07 Å². The summed E-state index contributed by atoms with van der Waals surface area (Å²) in [6, 6.07) is 7.01. The zero-order valence-corrected chi connectivity index (χ0v) is 17.2. The van der Waals surface area contributed by atoms with Gasteiger partial charge < -0.3 is 0 Å². The van der Waals surface area contributed by atoms with Crippen molar-refractivity contribution in [1.29, 1.82) is 0 Å². The lowest BCUT2D eigenvalue weighted by molar-refractivity contribution is 0.603. The maximum atomic E-state index is 12.1. The van der Waals surface area contributed by atoms with Gasteiger partial charge in [0.2, 0.25) is 0 Å². The van der Waals surface area contributed by atoms with Crippen LogP contribution < -0.4 is 3.71 Å². The quantitative estimate of drug-likeness (QED) is 0.268. The first-order chi connectivity index (χ1) is 8.77. The molecule has 1 rings (SSSR count). The molecule has 106 valence electrons. The first-order valence-electron chi connectivity index (χ1n) is 4.51. The second kappa shape index (κ2) is 8.14. The fourth-order valence-electron chi connectivity index (χ4n) is 1.01. The number of benzene rings is 1. The Morgan fingerprint density at radius 1 is 1.32 bits per heavy atom. The van der Waals surface area contributed by atoms with E-state index in [4.69, 9.17) is 34.8 Å². The molecule has 0 bridgehead atoms. The van der Waals surface area contributed by atoms with Crippen LogP contribution in [0.4, 0.5) is 5.69 Å². The van der Waals surface area contributed by atoms with Crippen molar-refractivity contribution in [1.82, 2.24) is 0 Å². The Balaban J connectivity index is 3.25. The Kier molecular flexibility index (Phi) is 7.90. The molecule has 19 heavy (non-hydrogen) atoms. The Morgan fingerprint density at radius 3 is 2.42 bits per heavy atom. The maximum Gasteiger partial charge on any atom is 0.254 e. The van der Waals surface area contributed by atoms with Gasteiger partial charge in [-0.05, 0) is 40.8 Å². The van der Waals surface area contributed by atoms with Crippen LogP contribution in [0.2, 0.25) is 0 Å². The Labute approximate surface area is 158 Å². The minimum absolute atomic E-state index is 0.00406. The average molecular weight is 584 g/mol. The van der Waals surface area contributed by atoms with Gasteiger partial charge in [0.1, 0.15) is 12.6 Å². The van der Waals surface area contributed by atoms with E-state index < -0.39 is 10.0 Å². The van der Waals surface area contributed by atoms with Gasteiger partial charge in [-0.1, -0.05) is 63.5 Å². The van der Waals surface area contributed by atoms with Crippen molar-refractivity contribution < 1.29 is 8.42 Å². The van der Waals surface area contributed by atoms with Gasteiger partial charge in [-0.3, -0.25) is 0 Å². The fourth-order valence-corrected chi connectivity index (χ4v) is 5.27. The number of alkyl halides is 1. The van der Waals surface area contributed by atoms with Gasteiger partial charge in [-0.15, -0.1) is 0 Å². The molecular formula is C9H6Cl3I2NO2S2. The number of hydrogen-bond donors (Lipinski definition) is 0. The van der Waals surface area contributed by atoms with Crippen LogP contribution in [-0.4, -0.2) is 12.2 Å². The highest BCUT2D eigenvalue weighted by Gasteiger charge is 2.24. The standard InChI is InChI=1S/C9H6Cl3I2NO2S2/c10-8(11)9(12)18-15(19(16,17)5-13)7-3-1-2-6(14)4-7/h1-4H,5H2. The molecule has 0 aliphatic carbocycles. The van der Waals surface area contributed by atoms with Crippen LogP contribution in [0.15, 0.2) is 33.1 Å². The maximum absolute atomic E-state index is 12.1. The van der Waals surface area contributed by atoms with Gasteiger partial charge in [0.25, 0.3) is 10.0 Å². The number of rotatable bonds is 5. The van der Waals surface area contributed by atoms with E-state index in [2.05, 4.69) is 22.6 Å². The van der Waals surface area contributed by atoms with Crippen molar-refractivity contribution in [3.05, 3.63) is 36.7 Å². The van der Waals surface area contributed by atoms with Crippen LogP contribution in [0.1, 0.15) is 0 Å². The van der Waals surface area contributed by atoms with E-state index in [0.717, 1.165) is 19.2 Å². The smallest absolute Gasteiger partial charge is 0.206 e. The fraction of sp³-hybridized carbons (Fsp3) is 0.111. The predicted octanol–water partition coefficient (Wildman–Crippen LogP) is 5.31. The molecule has 0 spiro atoms. The molecule has 10 heteroatoms. The van der Waals surface area contributed by atoms with E-state index in [1.54, 1.807) is 40.8 Å². The van der Waals surface area contributed by atoms with Gasteiger partial charge >= 0.3 is 0 Å². The third-order valence-corrected chi connectivity index (χ3v) is 8.58. The second-order valence-corrected chi connectivity index (χ2v) is 10.7.